The van der Waals surface area contributed by atoms with Gasteiger partial charge in [-0.25, -0.2) is 4.79 Å². The first kappa shape index (κ1) is 20.5. The normalized spacial score (nSPS) is 14.5. The van der Waals surface area contributed by atoms with E-state index in [9.17, 15) is 14.7 Å². The molecule has 9 heteroatoms. The second-order valence-electron chi connectivity index (χ2n) is 6.73. The van der Waals surface area contributed by atoms with Crippen molar-refractivity contribution in [3.63, 3.8) is 0 Å². The molecule has 3 heterocycles. The van der Waals surface area contributed by atoms with E-state index >= 15 is 0 Å². The lowest BCUT2D eigenvalue weighted by Crippen LogP contribution is -2.28. The zero-order chi connectivity index (χ0) is 21.3. The highest BCUT2D eigenvalue weighted by atomic mass is 35.5. The average molecular weight is 447 g/mol. The molecule has 30 heavy (non-hydrogen) atoms. The molecule has 2 aromatic heterocycles. The molecule has 0 fully saturated rings. The van der Waals surface area contributed by atoms with Gasteiger partial charge in [-0.3, -0.25) is 4.79 Å². The molecule has 4 rings (SSSR count). The molecule has 2 N–H and O–H groups in total. The summed E-state index contributed by atoms with van der Waals surface area (Å²) in [7, 11) is 1.63. The molecule has 1 aliphatic rings. The molecule has 1 unspecified atom stereocenters. The van der Waals surface area contributed by atoms with Gasteiger partial charge in [-0.1, -0.05) is 17.7 Å². The van der Waals surface area contributed by atoms with Crippen molar-refractivity contribution in [3.05, 3.63) is 67.6 Å². The van der Waals surface area contributed by atoms with Crippen LogP contribution in [0, 0.1) is 0 Å². The Labute approximate surface area is 181 Å². The Morgan fingerprint density at radius 3 is 2.87 bits per heavy atom. The summed E-state index contributed by atoms with van der Waals surface area (Å²) in [4.78, 5) is 24.9. The number of carbonyl (C=O) groups is 1. The van der Waals surface area contributed by atoms with E-state index in [1.54, 1.807) is 17.7 Å². The largest absolute Gasteiger partial charge is 0.492 e. The number of nitrogens with zero attached hydrogens (tertiary/aromatic N) is 1. The van der Waals surface area contributed by atoms with Crippen LogP contribution in [0.4, 0.5) is 5.69 Å². The van der Waals surface area contributed by atoms with Gasteiger partial charge < -0.3 is 24.5 Å². The standard InChI is InChI=1S/C21H19ClN2O5S/c1-28-5-3-6-29-18-9-15-12(8-14(18)22)16-10-17(25)13(21(26)27)11-24(16)20(23-15)19-4-2-7-30-19/h2,4,7-11,20,23H,3,5-6H2,1H3,(H,26,27). The van der Waals surface area contributed by atoms with E-state index in [1.165, 1.54) is 23.6 Å². The number of aromatic nitrogens is 1. The first-order chi connectivity index (χ1) is 14.5. The lowest BCUT2D eigenvalue weighted by Gasteiger charge is -2.32. The molecule has 0 spiro atoms. The Kier molecular flexibility index (Phi) is 5.80. The van der Waals surface area contributed by atoms with Gasteiger partial charge in [-0.15, -0.1) is 11.3 Å². The van der Waals surface area contributed by atoms with E-state index in [4.69, 9.17) is 21.1 Å². The van der Waals surface area contributed by atoms with Crippen molar-refractivity contribution in [2.75, 3.05) is 25.6 Å². The van der Waals surface area contributed by atoms with Crippen molar-refractivity contribution in [1.82, 2.24) is 4.57 Å². The van der Waals surface area contributed by atoms with Crippen molar-refractivity contribution in [3.8, 4) is 17.0 Å². The second-order valence-corrected chi connectivity index (χ2v) is 8.12. The van der Waals surface area contributed by atoms with Gasteiger partial charge >= 0.3 is 5.97 Å². The molecule has 1 atom stereocenters. The number of ether oxygens (including phenoxy) is 2. The number of aromatic carboxylic acids is 1. The van der Waals surface area contributed by atoms with Gasteiger partial charge in [0.25, 0.3) is 0 Å². The van der Waals surface area contributed by atoms with E-state index in [0.29, 0.717) is 35.2 Å². The number of pyridine rings is 1. The van der Waals surface area contributed by atoms with Crippen LogP contribution in [0.25, 0.3) is 11.3 Å². The molecule has 0 saturated carbocycles. The number of halogens is 1. The number of nitrogens with one attached hydrogen (secondary N) is 1. The maximum absolute atomic E-state index is 12.4. The quantitative estimate of drug-likeness (QED) is 0.525. The highest BCUT2D eigenvalue weighted by Crippen LogP contribution is 2.43. The molecule has 0 saturated heterocycles. The zero-order valence-electron chi connectivity index (χ0n) is 16.1. The summed E-state index contributed by atoms with van der Waals surface area (Å²) in [5, 5.41) is 15.2. The summed E-state index contributed by atoms with van der Waals surface area (Å²) in [6.07, 6.45) is 1.74. The van der Waals surface area contributed by atoms with E-state index in [0.717, 1.165) is 17.0 Å². The van der Waals surface area contributed by atoms with Crippen LogP contribution in [-0.2, 0) is 4.74 Å². The lowest BCUT2D eigenvalue weighted by molar-refractivity contribution is 0.0694. The molecule has 7 nitrogen and oxygen atoms in total. The number of methoxy groups -OCH3 is 1. The van der Waals surface area contributed by atoms with Crippen molar-refractivity contribution < 1.29 is 19.4 Å². The summed E-state index contributed by atoms with van der Waals surface area (Å²) in [6.45, 7) is 1.04. The van der Waals surface area contributed by atoms with Crippen LogP contribution in [0.1, 0.15) is 27.8 Å². The van der Waals surface area contributed by atoms with E-state index in [1.807, 2.05) is 23.6 Å². The van der Waals surface area contributed by atoms with Gasteiger partial charge in [0, 0.05) is 54.6 Å². The summed E-state index contributed by atoms with van der Waals surface area (Å²) < 4.78 is 12.6. The highest BCUT2D eigenvalue weighted by molar-refractivity contribution is 7.10. The predicted molar refractivity (Wildman–Crippen MR) is 116 cm³/mol. The molecule has 3 aromatic rings. The first-order valence-electron chi connectivity index (χ1n) is 9.24. The maximum Gasteiger partial charge on any atom is 0.341 e. The molecule has 0 bridgehead atoms. The third-order valence-corrected chi connectivity index (χ3v) is 6.01. The summed E-state index contributed by atoms with van der Waals surface area (Å²) in [6, 6.07) is 8.76. The van der Waals surface area contributed by atoms with Gasteiger partial charge in [0.05, 0.1) is 17.3 Å². The van der Waals surface area contributed by atoms with E-state index in [-0.39, 0.29) is 11.7 Å². The Morgan fingerprint density at radius 1 is 1.33 bits per heavy atom. The molecule has 1 aromatic carbocycles. The fourth-order valence-electron chi connectivity index (χ4n) is 3.39. The van der Waals surface area contributed by atoms with E-state index in [2.05, 4.69) is 5.32 Å². The van der Waals surface area contributed by atoms with Crippen LogP contribution < -0.4 is 15.5 Å². The highest BCUT2D eigenvalue weighted by Gasteiger charge is 2.28. The number of carboxylic acid groups (broad SMARTS) is 1. The van der Waals surface area contributed by atoms with Crippen LogP contribution in [0.3, 0.4) is 0 Å². The number of rotatable bonds is 7. The third-order valence-electron chi connectivity index (χ3n) is 4.79. The number of hydrogen-bond donors (Lipinski definition) is 2. The molecule has 0 aliphatic carbocycles. The van der Waals surface area contributed by atoms with Crippen LogP contribution in [0.2, 0.25) is 5.02 Å². The number of thiophene rings is 1. The SMILES string of the molecule is COCCCOc1cc2c(cc1Cl)-c1cc(=O)c(C(=O)O)cn1C(c1cccs1)N2. The molecule has 1 aliphatic heterocycles. The smallest absolute Gasteiger partial charge is 0.341 e. The summed E-state index contributed by atoms with van der Waals surface area (Å²) >= 11 is 7.97. The van der Waals surface area contributed by atoms with Crippen molar-refractivity contribution in [1.29, 1.82) is 0 Å². The Morgan fingerprint density at radius 2 is 2.17 bits per heavy atom. The Balaban J connectivity index is 1.81. The fraction of sp³-hybridized carbons (Fsp3) is 0.238. The van der Waals surface area contributed by atoms with Crippen molar-refractivity contribution in [2.45, 2.75) is 12.6 Å². The minimum absolute atomic E-state index is 0.283. The minimum atomic E-state index is -1.26. The van der Waals surface area contributed by atoms with Gasteiger partial charge in [0.15, 0.2) is 5.43 Å². The monoisotopic (exact) mass is 446 g/mol. The van der Waals surface area contributed by atoms with Gasteiger partial charge in [-0.2, -0.15) is 0 Å². The predicted octanol–water partition coefficient (Wildman–Crippen LogP) is 4.32. The zero-order valence-corrected chi connectivity index (χ0v) is 17.6. The lowest BCUT2D eigenvalue weighted by atomic mass is 10.0. The van der Waals surface area contributed by atoms with Crippen LogP contribution in [0.15, 0.2) is 46.7 Å². The van der Waals surface area contributed by atoms with Crippen LogP contribution in [0.5, 0.6) is 5.75 Å². The number of fused-ring (bicyclic) bond motifs is 3. The molecule has 156 valence electrons. The topological polar surface area (TPSA) is 89.8 Å². The van der Waals surface area contributed by atoms with E-state index < -0.39 is 11.4 Å². The van der Waals surface area contributed by atoms with Crippen LogP contribution in [-0.4, -0.2) is 36.0 Å². The molecular formula is C21H19ClN2O5S. The van der Waals surface area contributed by atoms with Crippen LogP contribution >= 0.6 is 22.9 Å². The second kappa shape index (κ2) is 8.51. The molecule has 0 radical (unpaired) electrons. The Bertz CT molecular complexity index is 1140. The maximum atomic E-state index is 12.4. The average Bonchev–Trinajstić information content (AvgIpc) is 3.25. The van der Waals surface area contributed by atoms with Gasteiger partial charge in [-0.05, 0) is 17.5 Å². The number of benzene rings is 1. The van der Waals surface area contributed by atoms with Crippen molar-refractivity contribution in [2.24, 2.45) is 0 Å². The van der Waals surface area contributed by atoms with Gasteiger partial charge in [0.2, 0.25) is 0 Å². The minimum Gasteiger partial charge on any atom is -0.492 e. The summed E-state index contributed by atoms with van der Waals surface area (Å²) in [5.41, 5.74) is 1.20. The molecular weight excluding hydrogens is 428 g/mol. The number of hydrogen-bond acceptors (Lipinski definition) is 6. The van der Waals surface area contributed by atoms with Crippen molar-refractivity contribution >= 4 is 34.6 Å². The summed E-state index contributed by atoms with van der Waals surface area (Å²) in [5.74, 6) is -0.731. The number of carboxylic acids is 1. The number of anilines is 1. The Hall–Kier alpha value is -2.81. The fourth-order valence-corrected chi connectivity index (χ4v) is 4.38. The third kappa shape index (κ3) is 3.81. The van der Waals surface area contributed by atoms with Gasteiger partial charge in [0.1, 0.15) is 17.5 Å². The molecule has 0 amide bonds. The first-order valence-corrected chi connectivity index (χ1v) is 10.5.